The number of halogens is 4. The summed E-state index contributed by atoms with van der Waals surface area (Å²) >= 11 is 22.0. The highest BCUT2D eigenvalue weighted by molar-refractivity contribution is 9.09. The zero-order valence-corrected chi connectivity index (χ0v) is 13.0. The summed E-state index contributed by atoms with van der Waals surface area (Å²) in [5.41, 5.74) is 0.750. The summed E-state index contributed by atoms with van der Waals surface area (Å²) < 4.78 is -1.07. The molecule has 92 valence electrons. The Balaban J connectivity index is 1.94. The lowest BCUT2D eigenvalue weighted by molar-refractivity contribution is 0.126. The van der Waals surface area contributed by atoms with Crippen LogP contribution in [0.25, 0.3) is 0 Å². The van der Waals surface area contributed by atoms with E-state index < -0.39 is 3.79 Å². The number of rotatable bonds is 2. The minimum atomic E-state index is -1.07. The Morgan fingerprint density at radius 3 is 1.94 bits per heavy atom. The van der Waals surface area contributed by atoms with Crippen LogP contribution in [0.15, 0.2) is 0 Å². The molecule has 0 aromatic carbocycles. The highest BCUT2D eigenvalue weighted by Gasteiger charge is 2.66. The van der Waals surface area contributed by atoms with Gasteiger partial charge in [-0.15, -0.1) is 0 Å². The van der Waals surface area contributed by atoms with Crippen LogP contribution in [0.2, 0.25) is 0 Å². The van der Waals surface area contributed by atoms with Crippen molar-refractivity contribution < 1.29 is 0 Å². The molecule has 0 heterocycles. The molecule has 0 saturated heterocycles. The van der Waals surface area contributed by atoms with Crippen molar-refractivity contribution in [2.75, 3.05) is 5.33 Å². The second-order valence-corrected chi connectivity index (χ2v) is 9.35. The van der Waals surface area contributed by atoms with Gasteiger partial charge in [-0.05, 0) is 54.8 Å². The number of hydrogen-bond donors (Lipinski definition) is 0. The zero-order chi connectivity index (χ0) is 11.6. The van der Waals surface area contributed by atoms with Crippen LogP contribution in [0.1, 0.15) is 38.5 Å². The van der Waals surface area contributed by atoms with E-state index in [1.165, 1.54) is 32.1 Å². The molecule has 4 saturated carbocycles. The van der Waals surface area contributed by atoms with Crippen LogP contribution in [0, 0.1) is 22.7 Å². The second-order valence-electron chi connectivity index (χ2n) is 6.27. The van der Waals surface area contributed by atoms with E-state index in [1.54, 1.807) is 0 Å². The monoisotopic (exact) mass is 344 g/mol. The van der Waals surface area contributed by atoms with Crippen LogP contribution in [0.4, 0.5) is 0 Å². The Hall–Kier alpha value is 1.35. The molecule has 0 amide bonds. The fourth-order valence-electron chi connectivity index (χ4n) is 5.16. The van der Waals surface area contributed by atoms with Crippen LogP contribution >= 0.6 is 50.7 Å². The van der Waals surface area contributed by atoms with Gasteiger partial charge in [-0.25, -0.2) is 0 Å². The fraction of sp³-hybridized carbons (Fsp3) is 1.00. The molecule has 0 radical (unpaired) electrons. The highest BCUT2D eigenvalue weighted by Crippen LogP contribution is 2.75. The Bertz CT molecular complexity index is 296. The molecule has 4 heteroatoms. The average Bonchev–Trinajstić information content (AvgIpc) is 2.43. The number of hydrogen-bond acceptors (Lipinski definition) is 0. The van der Waals surface area contributed by atoms with Crippen molar-refractivity contribution in [1.82, 2.24) is 0 Å². The molecule has 4 bridgehead atoms. The predicted octanol–water partition coefficient (Wildman–Crippen LogP) is 5.34. The first-order valence-electron chi connectivity index (χ1n) is 6.01. The van der Waals surface area contributed by atoms with Crippen LogP contribution in [0.3, 0.4) is 0 Å². The molecular formula is C12H16BrCl3. The Morgan fingerprint density at radius 1 is 1.00 bits per heavy atom. The van der Waals surface area contributed by atoms with E-state index in [9.17, 15) is 0 Å². The molecule has 0 unspecified atom stereocenters. The molecule has 0 aliphatic heterocycles. The summed E-state index contributed by atoms with van der Waals surface area (Å²) in [6, 6.07) is 0. The third kappa shape index (κ3) is 1.68. The molecule has 4 rings (SSSR count). The van der Waals surface area contributed by atoms with Crippen LogP contribution in [0.5, 0.6) is 0 Å². The Morgan fingerprint density at radius 2 is 1.50 bits per heavy atom. The van der Waals surface area contributed by atoms with Crippen LogP contribution < -0.4 is 0 Å². The molecule has 0 nitrogen and oxygen atoms in total. The molecule has 0 N–H and O–H groups in total. The number of alkyl halides is 4. The van der Waals surface area contributed by atoms with E-state index in [0.717, 1.165) is 23.6 Å². The van der Waals surface area contributed by atoms with Crippen molar-refractivity contribution in [3.63, 3.8) is 0 Å². The Kier molecular flexibility index (Phi) is 2.85. The maximum absolute atomic E-state index is 6.07. The first-order valence-corrected chi connectivity index (χ1v) is 8.26. The van der Waals surface area contributed by atoms with Crippen molar-refractivity contribution >= 4 is 50.7 Å². The zero-order valence-electron chi connectivity index (χ0n) is 9.12. The molecule has 16 heavy (non-hydrogen) atoms. The largest absolute Gasteiger partial charge is 0.191 e. The van der Waals surface area contributed by atoms with Gasteiger partial charge in [-0.3, -0.25) is 0 Å². The highest BCUT2D eigenvalue weighted by atomic mass is 79.9. The van der Waals surface area contributed by atoms with Gasteiger partial charge in [0.05, 0.1) is 0 Å². The lowest BCUT2D eigenvalue weighted by atomic mass is 9.67. The lowest BCUT2D eigenvalue weighted by Gasteiger charge is -2.41. The van der Waals surface area contributed by atoms with Crippen molar-refractivity contribution in [3.8, 4) is 0 Å². The molecule has 0 aromatic heterocycles. The Labute approximate surface area is 121 Å². The van der Waals surface area contributed by atoms with Gasteiger partial charge < -0.3 is 0 Å². The van der Waals surface area contributed by atoms with Gasteiger partial charge in [0.2, 0.25) is 0 Å². The van der Waals surface area contributed by atoms with Crippen LogP contribution in [-0.4, -0.2) is 9.12 Å². The summed E-state index contributed by atoms with van der Waals surface area (Å²) in [5.74, 6) is 1.80. The minimum absolute atomic E-state index is 0.315. The molecule has 4 aliphatic carbocycles. The first-order chi connectivity index (χ1) is 7.38. The fourth-order valence-corrected chi connectivity index (χ4v) is 6.98. The maximum atomic E-state index is 6.07. The van der Waals surface area contributed by atoms with E-state index >= 15 is 0 Å². The van der Waals surface area contributed by atoms with Gasteiger partial charge in [-0.1, -0.05) is 50.7 Å². The summed E-state index contributed by atoms with van der Waals surface area (Å²) in [4.78, 5) is 0. The van der Waals surface area contributed by atoms with E-state index in [4.69, 9.17) is 34.8 Å². The van der Waals surface area contributed by atoms with Crippen molar-refractivity contribution in [1.29, 1.82) is 0 Å². The third-order valence-electron chi connectivity index (χ3n) is 5.30. The third-order valence-corrected chi connectivity index (χ3v) is 6.78. The van der Waals surface area contributed by atoms with E-state index in [2.05, 4.69) is 15.9 Å². The van der Waals surface area contributed by atoms with Crippen molar-refractivity contribution in [2.24, 2.45) is 22.7 Å². The van der Waals surface area contributed by atoms with E-state index in [1.807, 2.05) is 0 Å². The van der Waals surface area contributed by atoms with Gasteiger partial charge in [0.1, 0.15) is 0 Å². The van der Waals surface area contributed by atoms with Gasteiger partial charge >= 0.3 is 0 Å². The quantitative estimate of drug-likeness (QED) is 0.592. The first kappa shape index (κ1) is 12.4. The van der Waals surface area contributed by atoms with Crippen molar-refractivity contribution in [3.05, 3.63) is 0 Å². The molecule has 4 fully saturated rings. The molecular weight excluding hydrogens is 330 g/mol. The molecule has 0 aromatic rings. The SMILES string of the molecule is ClC(Cl)(Cl)CC12C[C@H]3C[C@@H](CC1(CBr)C3)C2. The van der Waals surface area contributed by atoms with Gasteiger partial charge in [-0.2, -0.15) is 0 Å². The van der Waals surface area contributed by atoms with Gasteiger partial charge in [0, 0.05) is 11.8 Å². The summed E-state index contributed by atoms with van der Waals surface area (Å²) in [6.07, 6.45) is 7.48. The van der Waals surface area contributed by atoms with Gasteiger partial charge in [0.15, 0.2) is 3.79 Å². The molecule has 0 spiro atoms. The standard InChI is InChI=1S/C12H16BrCl3/c13-7-11-4-8-1-9(5-11)3-10(11,2-8)6-12(14,15)16/h8-9H,1-7H2/t8-,9-,10?,11?/m1/s1. The smallest absolute Gasteiger partial charge is 0.0922 e. The predicted molar refractivity (Wildman–Crippen MR) is 73.6 cm³/mol. The lowest BCUT2D eigenvalue weighted by Crippen LogP contribution is -2.37. The molecule has 4 aliphatic rings. The summed E-state index contributed by atoms with van der Waals surface area (Å²) in [6.45, 7) is 0. The van der Waals surface area contributed by atoms with Gasteiger partial charge in [0.25, 0.3) is 0 Å². The summed E-state index contributed by atoms with van der Waals surface area (Å²) in [7, 11) is 0. The van der Waals surface area contributed by atoms with Crippen LogP contribution in [-0.2, 0) is 0 Å². The van der Waals surface area contributed by atoms with E-state index in [-0.39, 0.29) is 0 Å². The molecule has 2 atom stereocenters. The minimum Gasteiger partial charge on any atom is -0.0922 e. The van der Waals surface area contributed by atoms with Crippen molar-refractivity contribution in [2.45, 2.75) is 42.3 Å². The maximum Gasteiger partial charge on any atom is 0.191 e. The summed E-state index contributed by atoms with van der Waals surface area (Å²) in [5, 5.41) is 1.09. The van der Waals surface area contributed by atoms with E-state index in [0.29, 0.717) is 10.8 Å². The average molecular weight is 347 g/mol. The topological polar surface area (TPSA) is 0 Å². The normalized spacial score (nSPS) is 50.2. The second kappa shape index (κ2) is 3.68.